The number of carbonyl (C=O) groups is 1. The zero-order valence-corrected chi connectivity index (χ0v) is 10.1. The Morgan fingerprint density at radius 1 is 1.56 bits per heavy atom. The van der Waals surface area contributed by atoms with E-state index in [1.165, 1.54) is 0 Å². The van der Waals surface area contributed by atoms with E-state index in [2.05, 4.69) is 11.9 Å². The molecule has 94 valence electrons. The lowest BCUT2D eigenvalue weighted by Crippen LogP contribution is -2.46. The van der Waals surface area contributed by atoms with Gasteiger partial charge in [-0.05, 0) is 27.2 Å². The van der Waals surface area contributed by atoms with Crippen LogP contribution in [-0.2, 0) is 4.74 Å². The van der Waals surface area contributed by atoms with Gasteiger partial charge in [-0.25, -0.2) is 4.79 Å². The Labute approximate surface area is 96.1 Å². The van der Waals surface area contributed by atoms with E-state index in [9.17, 15) is 9.90 Å². The van der Waals surface area contributed by atoms with Gasteiger partial charge in [0.25, 0.3) is 0 Å². The number of rotatable bonds is 5. The molecule has 0 fully saturated rings. The molecule has 0 saturated carbocycles. The molecular weight excluding hydrogens is 210 g/mol. The van der Waals surface area contributed by atoms with Crippen LogP contribution in [0.4, 0.5) is 4.79 Å². The molecule has 0 spiro atoms. The number of carbonyl (C=O) groups excluding carboxylic acids is 1. The molecule has 0 rings (SSSR count). The predicted molar refractivity (Wildman–Crippen MR) is 61.1 cm³/mol. The van der Waals surface area contributed by atoms with E-state index in [1.54, 1.807) is 26.8 Å². The molecule has 5 nitrogen and oxygen atoms in total. The van der Waals surface area contributed by atoms with E-state index < -0.39 is 30.4 Å². The number of amides is 1. The Morgan fingerprint density at radius 3 is 2.50 bits per heavy atom. The molecule has 16 heavy (non-hydrogen) atoms. The van der Waals surface area contributed by atoms with Crippen molar-refractivity contribution in [2.75, 3.05) is 6.61 Å². The molecule has 0 saturated heterocycles. The molecule has 2 atom stereocenters. The average Bonchev–Trinajstić information content (AvgIpc) is 2.13. The molecule has 0 radical (unpaired) electrons. The predicted octanol–water partition coefficient (Wildman–Crippen LogP) is 0.809. The zero-order chi connectivity index (χ0) is 12.8. The second kappa shape index (κ2) is 6.50. The van der Waals surface area contributed by atoms with Gasteiger partial charge in [0, 0.05) is 0 Å². The van der Waals surface area contributed by atoms with Gasteiger partial charge in [-0.15, -0.1) is 6.58 Å². The van der Waals surface area contributed by atoms with Gasteiger partial charge in [0.2, 0.25) is 0 Å². The van der Waals surface area contributed by atoms with Gasteiger partial charge in [-0.2, -0.15) is 0 Å². The van der Waals surface area contributed by atoms with E-state index in [1.807, 2.05) is 0 Å². The molecule has 0 aliphatic rings. The van der Waals surface area contributed by atoms with Gasteiger partial charge in [0.15, 0.2) is 0 Å². The molecule has 1 amide bonds. The first-order valence-corrected chi connectivity index (χ1v) is 5.19. The highest BCUT2D eigenvalue weighted by atomic mass is 16.6. The molecule has 0 bridgehead atoms. The third kappa shape index (κ3) is 6.42. The molecule has 0 aromatic carbocycles. The molecule has 5 heteroatoms. The fourth-order valence-corrected chi connectivity index (χ4v) is 1.08. The van der Waals surface area contributed by atoms with E-state index >= 15 is 0 Å². The van der Waals surface area contributed by atoms with Crippen LogP contribution in [0.25, 0.3) is 0 Å². The summed E-state index contributed by atoms with van der Waals surface area (Å²) in [6.45, 7) is 8.33. The van der Waals surface area contributed by atoms with Crippen LogP contribution in [0.2, 0.25) is 0 Å². The van der Waals surface area contributed by atoms with Crippen molar-refractivity contribution >= 4 is 6.09 Å². The van der Waals surface area contributed by atoms with Crippen molar-refractivity contribution in [3.05, 3.63) is 12.7 Å². The Kier molecular flexibility index (Phi) is 6.06. The van der Waals surface area contributed by atoms with Crippen molar-refractivity contribution in [1.29, 1.82) is 0 Å². The van der Waals surface area contributed by atoms with E-state index in [4.69, 9.17) is 9.84 Å². The minimum absolute atomic E-state index is 0.362. The molecular formula is C11H21NO4. The molecule has 0 unspecified atom stereocenters. The van der Waals surface area contributed by atoms with Gasteiger partial charge in [0.1, 0.15) is 5.60 Å². The summed E-state index contributed by atoms with van der Waals surface area (Å²) in [6, 6.07) is -0.586. The third-order valence-electron chi connectivity index (χ3n) is 1.77. The molecule has 0 aromatic rings. The normalized spacial score (nSPS) is 15.1. The second-order valence-electron chi connectivity index (χ2n) is 4.53. The number of hydrogen-bond donors (Lipinski definition) is 3. The number of ether oxygens (including phenoxy) is 1. The van der Waals surface area contributed by atoms with Crippen LogP contribution in [0, 0.1) is 0 Å². The number of hydrogen-bond acceptors (Lipinski definition) is 4. The average molecular weight is 231 g/mol. The van der Waals surface area contributed by atoms with Gasteiger partial charge in [-0.3, -0.25) is 0 Å². The Balaban J connectivity index is 4.28. The first-order valence-electron chi connectivity index (χ1n) is 5.19. The summed E-state index contributed by atoms with van der Waals surface area (Å²) in [7, 11) is 0. The third-order valence-corrected chi connectivity index (χ3v) is 1.77. The quantitative estimate of drug-likeness (QED) is 0.612. The van der Waals surface area contributed by atoms with Crippen molar-refractivity contribution in [3.63, 3.8) is 0 Å². The van der Waals surface area contributed by atoms with Crippen molar-refractivity contribution in [2.24, 2.45) is 0 Å². The largest absolute Gasteiger partial charge is 0.444 e. The maximum atomic E-state index is 11.4. The van der Waals surface area contributed by atoms with Gasteiger partial charge in [-0.1, -0.05) is 6.08 Å². The fraction of sp³-hybridized carbons (Fsp3) is 0.727. The second-order valence-corrected chi connectivity index (χ2v) is 4.53. The van der Waals surface area contributed by atoms with Crippen LogP contribution in [0.3, 0.4) is 0 Å². The minimum Gasteiger partial charge on any atom is -0.444 e. The van der Waals surface area contributed by atoms with Crippen LogP contribution in [0.1, 0.15) is 27.2 Å². The molecule has 0 aliphatic carbocycles. The van der Waals surface area contributed by atoms with Crippen LogP contribution in [-0.4, -0.2) is 40.7 Å². The first-order chi connectivity index (χ1) is 7.30. The summed E-state index contributed by atoms with van der Waals surface area (Å²) in [5, 5.41) is 20.7. The highest BCUT2D eigenvalue weighted by Gasteiger charge is 2.23. The number of alkyl carbamates (subject to hydrolysis) is 1. The van der Waals surface area contributed by atoms with Gasteiger partial charge in [0.05, 0.1) is 18.8 Å². The van der Waals surface area contributed by atoms with Crippen molar-refractivity contribution in [3.8, 4) is 0 Å². The number of aliphatic hydroxyl groups excluding tert-OH is 2. The zero-order valence-electron chi connectivity index (χ0n) is 10.1. The summed E-state index contributed by atoms with van der Waals surface area (Å²) in [4.78, 5) is 11.4. The summed E-state index contributed by atoms with van der Waals surface area (Å²) in [5.41, 5.74) is -0.590. The maximum absolute atomic E-state index is 11.4. The van der Waals surface area contributed by atoms with Crippen molar-refractivity contribution < 1.29 is 19.7 Å². The SMILES string of the molecule is C=CC[C@@H](NC(=O)OC(C)(C)C)[C@@H](O)CO. The minimum atomic E-state index is -1.02. The van der Waals surface area contributed by atoms with Crippen LogP contribution in [0.5, 0.6) is 0 Å². The number of nitrogens with one attached hydrogen (secondary N) is 1. The Bertz CT molecular complexity index is 235. The Hall–Kier alpha value is -1.07. The first kappa shape index (κ1) is 14.9. The summed E-state index contributed by atoms with van der Waals surface area (Å²) < 4.78 is 5.03. The van der Waals surface area contributed by atoms with Gasteiger partial charge < -0.3 is 20.3 Å². The van der Waals surface area contributed by atoms with Crippen LogP contribution >= 0.6 is 0 Å². The summed E-state index contributed by atoms with van der Waals surface area (Å²) in [6.07, 6.45) is 0.277. The smallest absolute Gasteiger partial charge is 0.407 e. The van der Waals surface area contributed by atoms with Crippen LogP contribution < -0.4 is 5.32 Å². The molecule has 0 heterocycles. The van der Waals surface area contributed by atoms with E-state index in [0.29, 0.717) is 6.42 Å². The topological polar surface area (TPSA) is 78.8 Å². The highest BCUT2D eigenvalue weighted by molar-refractivity contribution is 5.68. The lowest BCUT2D eigenvalue weighted by Gasteiger charge is -2.25. The Morgan fingerprint density at radius 2 is 2.12 bits per heavy atom. The molecule has 0 aromatic heterocycles. The lowest BCUT2D eigenvalue weighted by atomic mass is 10.1. The van der Waals surface area contributed by atoms with E-state index in [0.717, 1.165) is 0 Å². The number of aliphatic hydroxyl groups is 2. The van der Waals surface area contributed by atoms with Crippen molar-refractivity contribution in [1.82, 2.24) is 5.32 Å². The highest BCUT2D eigenvalue weighted by Crippen LogP contribution is 2.08. The van der Waals surface area contributed by atoms with Gasteiger partial charge >= 0.3 is 6.09 Å². The van der Waals surface area contributed by atoms with E-state index in [-0.39, 0.29) is 0 Å². The monoisotopic (exact) mass is 231 g/mol. The summed E-state index contributed by atoms with van der Waals surface area (Å²) in [5.74, 6) is 0. The summed E-state index contributed by atoms with van der Waals surface area (Å²) >= 11 is 0. The molecule has 3 N–H and O–H groups in total. The maximum Gasteiger partial charge on any atom is 0.407 e. The molecule has 0 aliphatic heterocycles. The standard InChI is InChI=1S/C11H21NO4/c1-5-6-8(9(14)7-13)12-10(15)16-11(2,3)4/h5,8-9,13-14H,1,6-7H2,2-4H3,(H,12,15)/t8-,9+/m1/s1. The fourth-order valence-electron chi connectivity index (χ4n) is 1.08. The van der Waals surface area contributed by atoms with Crippen LogP contribution in [0.15, 0.2) is 12.7 Å². The van der Waals surface area contributed by atoms with Crippen molar-refractivity contribution in [2.45, 2.75) is 44.9 Å². The lowest BCUT2D eigenvalue weighted by molar-refractivity contribution is 0.0324.